The van der Waals surface area contributed by atoms with Crippen LogP contribution in [0.5, 0.6) is 0 Å². The number of hydrogen-bond donors (Lipinski definition) is 0. The lowest BCUT2D eigenvalue weighted by Gasteiger charge is -2.33. The number of benzene rings is 1. The molecule has 3 rings (SSSR count). The van der Waals surface area contributed by atoms with Gasteiger partial charge in [0.2, 0.25) is 10.0 Å². The van der Waals surface area contributed by atoms with Crippen molar-refractivity contribution in [1.82, 2.24) is 9.21 Å². The predicted octanol–water partition coefficient (Wildman–Crippen LogP) is 3.43. The molecule has 0 saturated carbocycles. The highest BCUT2D eigenvalue weighted by molar-refractivity contribution is 7.89. The molecule has 2 aliphatic heterocycles. The summed E-state index contributed by atoms with van der Waals surface area (Å²) in [6.07, 6.45) is 6.16. The molecule has 2 aliphatic rings. The molecule has 1 atom stereocenters. The number of aryl methyl sites for hydroxylation is 1. The number of hydrogen-bond acceptors (Lipinski definition) is 3. The Morgan fingerprint density at radius 3 is 2.54 bits per heavy atom. The molecule has 0 radical (unpaired) electrons. The van der Waals surface area contributed by atoms with Crippen LogP contribution in [0.3, 0.4) is 0 Å². The normalized spacial score (nSPS) is 22.4. The van der Waals surface area contributed by atoms with Gasteiger partial charge in [-0.15, -0.1) is 0 Å². The van der Waals surface area contributed by atoms with Gasteiger partial charge in [0.15, 0.2) is 0 Å². The number of piperidine rings is 2. The molecule has 1 unspecified atom stereocenters. The van der Waals surface area contributed by atoms with Crippen molar-refractivity contribution in [1.29, 1.82) is 0 Å². The summed E-state index contributed by atoms with van der Waals surface area (Å²) in [7, 11) is -3.52. The monoisotopic (exact) mass is 378 g/mol. The molecule has 6 heteroatoms. The molecule has 2 fully saturated rings. The summed E-state index contributed by atoms with van der Waals surface area (Å²) in [5, 5.41) is 0. The van der Waals surface area contributed by atoms with Crippen molar-refractivity contribution in [2.75, 3.05) is 26.2 Å². The van der Waals surface area contributed by atoms with Crippen molar-refractivity contribution in [3.63, 3.8) is 0 Å². The van der Waals surface area contributed by atoms with E-state index in [1.54, 1.807) is 22.5 Å². The number of rotatable bonds is 4. The van der Waals surface area contributed by atoms with E-state index in [2.05, 4.69) is 6.92 Å². The molecule has 0 N–H and O–H groups in total. The van der Waals surface area contributed by atoms with E-state index in [0.717, 1.165) is 50.8 Å². The molecule has 2 heterocycles. The maximum absolute atomic E-state index is 13.1. The van der Waals surface area contributed by atoms with Crippen LogP contribution in [0.15, 0.2) is 23.1 Å². The van der Waals surface area contributed by atoms with Crippen LogP contribution >= 0.6 is 0 Å². The minimum Gasteiger partial charge on any atom is -0.338 e. The molecule has 144 valence electrons. The number of likely N-dealkylation sites (tertiary alicyclic amines) is 1. The molecule has 0 spiro atoms. The van der Waals surface area contributed by atoms with Gasteiger partial charge in [-0.3, -0.25) is 4.79 Å². The number of carbonyl (C=O) groups excluding carboxylic acids is 1. The Morgan fingerprint density at radius 2 is 1.85 bits per heavy atom. The molecule has 0 aliphatic carbocycles. The smallest absolute Gasteiger partial charge is 0.254 e. The molecule has 1 aromatic carbocycles. The average molecular weight is 379 g/mol. The molecule has 1 aromatic rings. The minimum absolute atomic E-state index is 0.0312. The fourth-order valence-corrected chi connectivity index (χ4v) is 5.54. The zero-order valence-corrected chi connectivity index (χ0v) is 16.7. The van der Waals surface area contributed by atoms with Crippen molar-refractivity contribution in [3.8, 4) is 0 Å². The van der Waals surface area contributed by atoms with Gasteiger partial charge in [-0.05, 0) is 56.2 Å². The second-order valence-electron chi connectivity index (χ2n) is 7.61. The Morgan fingerprint density at radius 1 is 1.12 bits per heavy atom. The third kappa shape index (κ3) is 3.96. The van der Waals surface area contributed by atoms with Gasteiger partial charge in [-0.2, -0.15) is 4.31 Å². The first-order valence-electron chi connectivity index (χ1n) is 9.83. The van der Waals surface area contributed by atoms with Crippen LogP contribution in [0.4, 0.5) is 0 Å². The summed E-state index contributed by atoms with van der Waals surface area (Å²) >= 11 is 0. The summed E-state index contributed by atoms with van der Waals surface area (Å²) in [5.41, 5.74) is 1.37. The van der Waals surface area contributed by atoms with Crippen LogP contribution in [-0.2, 0) is 10.0 Å². The van der Waals surface area contributed by atoms with Gasteiger partial charge in [0, 0.05) is 31.7 Å². The molecular weight excluding hydrogens is 348 g/mol. The number of amides is 1. The highest BCUT2D eigenvalue weighted by atomic mass is 32.2. The van der Waals surface area contributed by atoms with E-state index >= 15 is 0 Å². The average Bonchev–Trinajstić information content (AvgIpc) is 2.68. The highest BCUT2D eigenvalue weighted by Gasteiger charge is 2.29. The van der Waals surface area contributed by atoms with E-state index in [4.69, 9.17) is 0 Å². The Hall–Kier alpha value is -1.40. The first kappa shape index (κ1) is 19.4. The van der Waals surface area contributed by atoms with Gasteiger partial charge in [-0.25, -0.2) is 8.42 Å². The fourth-order valence-electron chi connectivity index (χ4n) is 4.00. The second kappa shape index (κ2) is 8.09. The Labute approximate surface area is 157 Å². The molecular formula is C20H30N2O3S. The van der Waals surface area contributed by atoms with Crippen molar-refractivity contribution < 1.29 is 13.2 Å². The minimum atomic E-state index is -3.52. The largest absolute Gasteiger partial charge is 0.338 e. The van der Waals surface area contributed by atoms with Crippen LogP contribution in [0.1, 0.15) is 61.4 Å². The number of nitrogens with zero attached hydrogens (tertiary/aromatic N) is 2. The highest BCUT2D eigenvalue weighted by Crippen LogP contribution is 2.25. The van der Waals surface area contributed by atoms with Crippen LogP contribution in [0.25, 0.3) is 0 Å². The van der Waals surface area contributed by atoms with E-state index in [1.807, 2.05) is 11.8 Å². The first-order chi connectivity index (χ1) is 12.4. The van der Waals surface area contributed by atoms with E-state index < -0.39 is 10.0 Å². The van der Waals surface area contributed by atoms with E-state index in [9.17, 15) is 13.2 Å². The van der Waals surface area contributed by atoms with Crippen LogP contribution < -0.4 is 0 Å². The topological polar surface area (TPSA) is 57.7 Å². The van der Waals surface area contributed by atoms with Gasteiger partial charge >= 0.3 is 0 Å². The summed E-state index contributed by atoms with van der Waals surface area (Å²) in [6, 6.07) is 5.00. The van der Waals surface area contributed by atoms with Crippen molar-refractivity contribution in [2.45, 2.75) is 57.3 Å². The van der Waals surface area contributed by atoms with Gasteiger partial charge in [-0.1, -0.05) is 25.8 Å². The quantitative estimate of drug-likeness (QED) is 0.806. The summed E-state index contributed by atoms with van der Waals surface area (Å²) < 4.78 is 27.5. The zero-order valence-electron chi connectivity index (χ0n) is 15.9. The van der Waals surface area contributed by atoms with Gasteiger partial charge < -0.3 is 4.90 Å². The van der Waals surface area contributed by atoms with E-state index in [1.165, 1.54) is 6.42 Å². The molecule has 0 bridgehead atoms. The summed E-state index contributed by atoms with van der Waals surface area (Å²) in [6.45, 7) is 6.73. The van der Waals surface area contributed by atoms with Crippen LogP contribution in [0, 0.1) is 12.8 Å². The van der Waals surface area contributed by atoms with Crippen LogP contribution in [-0.4, -0.2) is 49.7 Å². The predicted molar refractivity (Wildman–Crippen MR) is 103 cm³/mol. The Balaban J connectivity index is 1.86. The maximum atomic E-state index is 13.1. The third-order valence-electron chi connectivity index (χ3n) is 5.78. The zero-order chi connectivity index (χ0) is 18.7. The number of carbonyl (C=O) groups is 1. The van der Waals surface area contributed by atoms with Crippen molar-refractivity contribution in [3.05, 3.63) is 29.3 Å². The Bertz CT molecular complexity index is 754. The second-order valence-corrected chi connectivity index (χ2v) is 9.55. The first-order valence-corrected chi connectivity index (χ1v) is 11.3. The van der Waals surface area contributed by atoms with Crippen molar-refractivity contribution >= 4 is 15.9 Å². The Kier molecular flexibility index (Phi) is 6.03. The lowest BCUT2D eigenvalue weighted by atomic mass is 9.95. The SMILES string of the molecule is CCC1CCCN(C(=O)c2cc(S(=O)(=O)N3CCCCC3)ccc2C)C1. The van der Waals surface area contributed by atoms with E-state index in [-0.39, 0.29) is 10.8 Å². The third-order valence-corrected chi connectivity index (χ3v) is 7.67. The van der Waals surface area contributed by atoms with Gasteiger partial charge in [0.25, 0.3) is 5.91 Å². The van der Waals surface area contributed by atoms with Gasteiger partial charge in [0.1, 0.15) is 0 Å². The molecule has 26 heavy (non-hydrogen) atoms. The van der Waals surface area contributed by atoms with Crippen LogP contribution in [0.2, 0.25) is 0 Å². The lowest BCUT2D eigenvalue weighted by molar-refractivity contribution is 0.0670. The van der Waals surface area contributed by atoms with Crippen molar-refractivity contribution in [2.24, 2.45) is 5.92 Å². The summed E-state index contributed by atoms with van der Waals surface area (Å²) in [4.78, 5) is 15.2. The molecule has 1 amide bonds. The summed E-state index contributed by atoms with van der Waals surface area (Å²) in [5.74, 6) is 0.518. The lowest BCUT2D eigenvalue weighted by Crippen LogP contribution is -2.40. The number of sulfonamides is 1. The molecule has 0 aromatic heterocycles. The molecule has 5 nitrogen and oxygen atoms in total. The fraction of sp³-hybridized carbons (Fsp3) is 0.650. The maximum Gasteiger partial charge on any atom is 0.254 e. The molecule has 2 saturated heterocycles. The van der Waals surface area contributed by atoms with Gasteiger partial charge in [0.05, 0.1) is 4.90 Å². The van der Waals surface area contributed by atoms with E-state index in [0.29, 0.717) is 24.6 Å². The standard InChI is InChI=1S/C20H30N2O3S/c1-3-17-8-7-11-21(15-17)20(23)19-14-18(10-9-16(19)2)26(24,25)22-12-5-4-6-13-22/h9-10,14,17H,3-8,11-13,15H2,1-2H3.